The van der Waals surface area contributed by atoms with Gasteiger partial charge in [0.25, 0.3) is 5.91 Å². The number of aliphatic imine (C=N–C) groups is 1. The van der Waals surface area contributed by atoms with Crippen molar-refractivity contribution in [3.8, 4) is 16.9 Å². The van der Waals surface area contributed by atoms with E-state index in [1.165, 1.54) is 6.07 Å². The number of nitrogens with one attached hydrogen (secondary N) is 2. The minimum absolute atomic E-state index is 0.0570. The van der Waals surface area contributed by atoms with Gasteiger partial charge in [-0.3, -0.25) is 4.79 Å². The number of H-pyrrole nitrogens is 1. The number of hydrogen-bond acceptors (Lipinski definition) is 4. The largest absolute Gasteiger partial charge is 0.496 e. The number of aromatic nitrogens is 1. The van der Waals surface area contributed by atoms with Gasteiger partial charge >= 0.3 is 0 Å². The van der Waals surface area contributed by atoms with Gasteiger partial charge in [-0.15, -0.1) is 0 Å². The maximum atomic E-state index is 14.6. The van der Waals surface area contributed by atoms with Crippen LogP contribution in [0.2, 0.25) is 0 Å². The Kier molecular flexibility index (Phi) is 8.76. The van der Waals surface area contributed by atoms with Crippen LogP contribution in [0.1, 0.15) is 29.8 Å². The van der Waals surface area contributed by atoms with E-state index in [2.05, 4.69) is 15.3 Å². The second kappa shape index (κ2) is 12.0. The smallest absolute Gasteiger partial charge is 0.256 e. The molecule has 0 bridgehead atoms. The highest BCUT2D eigenvalue weighted by Crippen LogP contribution is 2.31. The van der Waals surface area contributed by atoms with Gasteiger partial charge in [-0.25, -0.2) is 9.38 Å². The third kappa shape index (κ3) is 5.80. The van der Waals surface area contributed by atoms with Crippen molar-refractivity contribution in [3.63, 3.8) is 0 Å². The van der Waals surface area contributed by atoms with Crippen LogP contribution < -0.4 is 10.1 Å². The monoisotopic (exact) mass is 462 g/mol. The van der Waals surface area contributed by atoms with Gasteiger partial charge in [0.2, 0.25) is 0 Å². The summed E-state index contributed by atoms with van der Waals surface area (Å²) >= 11 is 0. The number of benzene rings is 2. The first-order chi connectivity index (χ1) is 16.5. The van der Waals surface area contributed by atoms with Crippen LogP contribution in [0.5, 0.6) is 5.75 Å². The quantitative estimate of drug-likeness (QED) is 0.401. The van der Waals surface area contributed by atoms with Crippen molar-refractivity contribution in [2.45, 2.75) is 13.8 Å². The molecule has 0 saturated heterocycles. The summed E-state index contributed by atoms with van der Waals surface area (Å²) in [4.78, 5) is 22.3. The van der Waals surface area contributed by atoms with Crippen molar-refractivity contribution < 1.29 is 13.9 Å². The molecule has 0 saturated carbocycles. The lowest BCUT2D eigenvalue weighted by molar-refractivity contribution is 0.0761. The van der Waals surface area contributed by atoms with E-state index < -0.39 is 5.82 Å². The first kappa shape index (κ1) is 24.9. The van der Waals surface area contributed by atoms with Crippen LogP contribution in [0.3, 0.4) is 0 Å². The Hall–Kier alpha value is -3.71. The molecule has 2 aromatic carbocycles. The molecule has 3 rings (SSSR count). The van der Waals surface area contributed by atoms with Crippen LogP contribution in [0.15, 0.2) is 65.8 Å². The number of allylic oxidation sites excluding steroid dienone is 2. The fourth-order valence-electron chi connectivity index (χ4n) is 3.64. The van der Waals surface area contributed by atoms with Gasteiger partial charge in [-0.2, -0.15) is 0 Å². The molecule has 1 aromatic heterocycles. The minimum atomic E-state index is -0.533. The molecule has 0 radical (unpaired) electrons. The van der Waals surface area contributed by atoms with Gasteiger partial charge in [-0.05, 0) is 56.3 Å². The normalized spacial score (nSPS) is 11.7. The van der Waals surface area contributed by atoms with Gasteiger partial charge in [0.1, 0.15) is 17.4 Å². The van der Waals surface area contributed by atoms with E-state index in [4.69, 9.17) is 4.74 Å². The standard InChI is InChI=1S/C27H31FN4O2/c1-5-19(17-30-26-16-21(18-31-26)22-9-7-8-10-25(22)34-4)20-11-12-24(28)23(15-20)27(33)32(6-2)14-13-29-3/h5,7-12,15-18,29,31H,6,13-14H2,1-4H3/b19-5+,30-17-. The van der Waals surface area contributed by atoms with Crippen LogP contribution in [-0.2, 0) is 0 Å². The number of rotatable bonds is 10. The van der Waals surface area contributed by atoms with Gasteiger partial charge in [0, 0.05) is 43.2 Å². The number of halogens is 1. The highest BCUT2D eigenvalue weighted by molar-refractivity contribution is 6.11. The molecule has 0 aliphatic carbocycles. The summed E-state index contributed by atoms with van der Waals surface area (Å²) in [5.41, 5.74) is 3.48. The Bertz CT molecular complexity index is 1180. The number of para-hydroxylation sites is 1. The third-order valence-electron chi connectivity index (χ3n) is 5.57. The Morgan fingerprint density at radius 1 is 1.24 bits per heavy atom. The lowest BCUT2D eigenvalue weighted by atomic mass is 10.0. The second-order valence-electron chi connectivity index (χ2n) is 7.66. The van der Waals surface area contributed by atoms with Gasteiger partial charge in [0.15, 0.2) is 0 Å². The van der Waals surface area contributed by atoms with E-state index >= 15 is 0 Å². The molecule has 2 N–H and O–H groups in total. The number of nitrogens with zero attached hydrogens (tertiary/aromatic N) is 2. The number of likely N-dealkylation sites (N-methyl/N-ethyl adjacent to an activating group) is 2. The van der Waals surface area contributed by atoms with Crippen LogP contribution in [0.4, 0.5) is 10.2 Å². The third-order valence-corrected chi connectivity index (χ3v) is 5.57. The SMILES string of the molecule is C/C=C(\C=N/c1cc(-c2ccccc2OC)c[nH]1)c1ccc(F)c(C(=O)N(CC)CCNC)c1. The lowest BCUT2D eigenvalue weighted by Gasteiger charge is -2.21. The average Bonchev–Trinajstić information content (AvgIpc) is 3.34. The van der Waals surface area contributed by atoms with E-state index in [1.807, 2.05) is 63.5 Å². The van der Waals surface area contributed by atoms with Crippen LogP contribution in [0, 0.1) is 5.82 Å². The molecule has 34 heavy (non-hydrogen) atoms. The highest BCUT2D eigenvalue weighted by atomic mass is 19.1. The van der Waals surface area contributed by atoms with E-state index in [1.54, 1.807) is 30.4 Å². The number of methoxy groups -OCH3 is 1. The summed E-state index contributed by atoms with van der Waals surface area (Å²) in [5.74, 6) is 0.596. The summed E-state index contributed by atoms with van der Waals surface area (Å²) < 4.78 is 20.0. The fourth-order valence-corrected chi connectivity index (χ4v) is 3.64. The second-order valence-corrected chi connectivity index (χ2v) is 7.66. The van der Waals surface area contributed by atoms with Gasteiger partial charge < -0.3 is 19.9 Å². The number of aromatic amines is 1. The highest BCUT2D eigenvalue weighted by Gasteiger charge is 2.19. The number of ether oxygens (including phenoxy) is 1. The molecule has 0 aliphatic rings. The molecule has 0 fully saturated rings. The summed E-state index contributed by atoms with van der Waals surface area (Å²) in [6, 6.07) is 14.3. The first-order valence-corrected chi connectivity index (χ1v) is 11.3. The molecule has 3 aromatic rings. The van der Waals surface area contributed by atoms with E-state index in [9.17, 15) is 9.18 Å². The summed E-state index contributed by atoms with van der Waals surface area (Å²) in [6.07, 6.45) is 5.46. The lowest BCUT2D eigenvalue weighted by Crippen LogP contribution is -2.36. The maximum absolute atomic E-state index is 14.6. The zero-order valence-corrected chi connectivity index (χ0v) is 20.1. The van der Waals surface area contributed by atoms with Crippen molar-refractivity contribution in [1.29, 1.82) is 0 Å². The van der Waals surface area contributed by atoms with Crippen molar-refractivity contribution in [2.24, 2.45) is 4.99 Å². The Balaban J connectivity index is 1.83. The molecule has 178 valence electrons. The predicted molar refractivity (Wildman–Crippen MR) is 136 cm³/mol. The van der Waals surface area contributed by atoms with E-state index in [-0.39, 0.29) is 11.5 Å². The van der Waals surface area contributed by atoms with Crippen molar-refractivity contribution in [1.82, 2.24) is 15.2 Å². The average molecular weight is 463 g/mol. The molecule has 0 atom stereocenters. The summed E-state index contributed by atoms with van der Waals surface area (Å²) in [7, 11) is 3.46. The molecule has 7 heteroatoms. The molecule has 1 heterocycles. The zero-order chi connectivity index (χ0) is 24.5. The fraction of sp³-hybridized carbons (Fsp3) is 0.259. The van der Waals surface area contributed by atoms with Crippen LogP contribution in [-0.4, -0.2) is 55.8 Å². The number of amides is 1. The zero-order valence-electron chi connectivity index (χ0n) is 20.1. The molecule has 0 spiro atoms. The Morgan fingerprint density at radius 3 is 2.74 bits per heavy atom. The minimum Gasteiger partial charge on any atom is -0.496 e. The number of hydrogen-bond donors (Lipinski definition) is 2. The molecular formula is C27H31FN4O2. The Morgan fingerprint density at radius 2 is 2.03 bits per heavy atom. The van der Waals surface area contributed by atoms with Crippen molar-refractivity contribution >= 4 is 23.5 Å². The van der Waals surface area contributed by atoms with Crippen molar-refractivity contribution in [2.75, 3.05) is 33.8 Å². The summed E-state index contributed by atoms with van der Waals surface area (Å²) in [5, 5.41) is 3.02. The maximum Gasteiger partial charge on any atom is 0.256 e. The first-order valence-electron chi connectivity index (χ1n) is 11.3. The Labute approximate surface area is 200 Å². The van der Waals surface area contributed by atoms with Crippen LogP contribution in [0.25, 0.3) is 16.7 Å². The number of carbonyl (C=O) groups excluding carboxylic acids is 1. The molecule has 0 unspecified atom stereocenters. The summed E-state index contributed by atoms with van der Waals surface area (Å²) in [6.45, 7) is 5.42. The predicted octanol–water partition coefficient (Wildman–Crippen LogP) is 5.32. The van der Waals surface area contributed by atoms with Gasteiger partial charge in [0.05, 0.1) is 12.7 Å². The molecule has 1 amide bonds. The molecule has 6 nitrogen and oxygen atoms in total. The van der Waals surface area contributed by atoms with Gasteiger partial charge in [-0.1, -0.05) is 30.3 Å². The van der Waals surface area contributed by atoms with Crippen molar-refractivity contribution in [3.05, 3.63) is 77.7 Å². The molecular weight excluding hydrogens is 431 g/mol. The van der Waals surface area contributed by atoms with Crippen LogP contribution >= 0.6 is 0 Å². The number of carbonyl (C=O) groups is 1. The van der Waals surface area contributed by atoms with E-state index in [0.29, 0.717) is 25.5 Å². The topological polar surface area (TPSA) is 69.7 Å². The molecule has 0 aliphatic heterocycles. The van der Waals surface area contributed by atoms with E-state index in [0.717, 1.165) is 28.0 Å².